The second-order valence-corrected chi connectivity index (χ2v) is 11.1. The fourth-order valence-electron chi connectivity index (χ4n) is 4.22. The van der Waals surface area contributed by atoms with Crippen LogP contribution in [-0.2, 0) is 25.7 Å². The van der Waals surface area contributed by atoms with Gasteiger partial charge in [0.25, 0.3) is 0 Å². The summed E-state index contributed by atoms with van der Waals surface area (Å²) in [5.41, 5.74) is 4.16. The van der Waals surface area contributed by atoms with Crippen LogP contribution in [0.4, 0.5) is 0 Å². The molecule has 0 radical (unpaired) electrons. The van der Waals surface area contributed by atoms with E-state index in [-0.39, 0.29) is 11.1 Å². The van der Waals surface area contributed by atoms with Crippen LogP contribution in [0.1, 0.15) is 55.8 Å². The minimum Gasteiger partial charge on any atom is -0.478 e. The highest BCUT2D eigenvalue weighted by molar-refractivity contribution is 7.99. The number of aryl methyl sites for hydroxylation is 3. The molecule has 0 bridgehead atoms. The average Bonchev–Trinajstić information content (AvgIpc) is 2.89. The molecule has 3 rings (SSSR count). The number of hydrogen-bond donors (Lipinski definition) is 2. The SMILES string of the molecule is O=C(O)c1ccc(CCCSCCc2ccccc2)c(CCCSCCc2ccccc2)c1C(=O)O. The Morgan fingerprint density at radius 1 is 0.583 bits per heavy atom. The van der Waals surface area contributed by atoms with Gasteiger partial charge in [0.2, 0.25) is 0 Å². The van der Waals surface area contributed by atoms with E-state index in [2.05, 4.69) is 36.4 Å². The van der Waals surface area contributed by atoms with Crippen molar-refractivity contribution >= 4 is 35.5 Å². The zero-order valence-electron chi connectivity index (χ0n) is 20.5. The Bertz CT molecular complexity index is 1100. The van der Waals surface area contributed by atoms with Crippen molar-refractivity contribution in [3.8, 4) is 0 Å². The summed E-state index contributed by atoms with van der Waals surface area (Å²) in [6, 6.07) is 24.1. The number of hydrogen-bond acceptors (Lipinski definition) is 4. The maximum absolute atomic E-state index is 12.1. The smallest absolute Gasteiger partial charge is 0.336 e. The Labute approximate surface area is 222 Å². The number of carbonyl (C=O) groups is 2. The van der Waals surface area contributed by atoms with Crippen LogP contribution in [0.3, 0.4) is 0 Å². The van der Waals surface area contributed by atoms with Crippen molar-refractivity contribution in [3.63, 3.8) is 0 Å². The minimum atomic E-state index is -1.19. The largest absolute Gasteiger partial charge is 0.478 e. The molecule has 3 aromatic rings. The molecule has 0 saturated heterocycles. The predicted octanol–water partition coefficient (Wildman–Crippen LogP) is 6.90. The van der Waals surface area contributed by atoms with Crippen molar-refractivity contribution in [2.45, 2.75) is 38.5 Å². The fourth-order valence-corrected chi connectivity index (χ4v) is 6.09. The summed E-state index contributed by atoms with van der Waals surface area (Å²) in [4.78, 5) is 23.8. The molecule has 3 aromatic carbocycles. The lowest BCUT2D eigenvalue weighted by Crippen LogP contribution is -2.14. The molecular formula is C30H34O4S2. The molecule has 4 nitrogen and oxygen atoms in total. The molecule has 0 aliphatic heterocycles. The van der Waals surface area contributed by atoms with Crippen LogP contribution in [-0.4, -0.2) is 45.2 Å². The highest BCUT2D eigenvalue weighted by atomic mass is 32.2. The third-order valence-electron chi connectivity index (χ3n) is 6.06. The molecule has 190 valence electrons. The maximum atomic E-state index is 12.1. The first-order valence-electron chi connectivity index (χ1n) is 12.4. The molecule has 0 unspecified atom stereocenters. The second kappa shape index (κ2) is 15.4. The fraction of sp³-hybridized carbons (Fsp3) is 0.333. The molecule has 0 aliphatic rings. The first kappa shape index (κ1) is 27.9. The van der Waals surface area contributed by atoms with E-state index >= 15 is 0 Å². The van der Waals surface area contributed by atoms with Crippen LogP contribution < -0.4 is 0 Å². The summed E-state index contributed by atoms with van der Waals surface area (Å²) in [5.74, 6) is 1.63. The normalized spacial score (nSPS) is 10.9. The molecule has 0 atom stereocenters. The summed E-state index contributed by atoms with van der Waals surface area (Å²) in [6.45, 7) is 0. The van der Waals surface area contributed by atoms with Crippen LogP contribution in [0.2, 0.25) is 0 Å². The number of carboxylic acid groups (broad SMARTS) is 2. The van der Waals surface area contributed by atoms with E-state index in [1.807, 2.05) is 53.9 Å². The van der Waals surface area contributed by atoms with E-state index in [0.717, 1.165) is 60.7 Å². The zero-order valence-corrected chi connectivity index (χ0v) is 22.2. The van der Waals surface area contributed by atoms with Crippen molar-refractivity contribution < 1.29 is 19.8 Å². The zero-order chi connectivity index (χ0) is 25.6. The van der Waals surface area contributed by atoms with E-state index in [9.17, 15) is 19.8 Å². The number of benzene rings is 3. The van der Waals surface area contributed by atoms with Crippen molar-refractivity contribution in [2.75, 3.05) is 23.0 Å². The summed E-state index contributed by atoms with van der Waals surface area (Å²) in [7, 11) is 0. The maximum Gasteiger partial charge on any atom is 0.336 e. The van der Waals surface area contributed by atoms with Gasteiger partial charge < -0.3 is 10.2 Å². The van der Waals surface area contributed by atoms with Gasteiger partial charge in [0.15, 0.2) is 0 Å². The lowest BCUT2D eigenvalue weighted by molar-refractivity contribution is 0.0650. The molecule has 6 heteroatoms. The Morgan fingerprint density at radius 3 is 1.61 bits per heavy atom. The van der Waals surface area contributed by atoms with E-state index in [1.54, 1.807) is 0 Å². The van der Waals surface area contributed by atoms with Crippen LogP contribution in [0.25, 0.3) is 0 Å². The Balaban J connectivity index is 1.53. The van der Waals surface area contributed by atoms with Gasteiger partial charge in [-0.05, 0) is 89.9 Å². The summed E-state index contributed by atoms with van der Waals surface area (Å²) >= 11 is 3.76. The van der Waals surface area contributed by atoms with Crippen molar-refractivity contribution in [2.24, 2.45) is 0 Å². The van der Waals surface area contributed by atoms with Crippen LogP contribution in [0.5, 0.6) is 0 Å². The Hall–Kier alpha value is -2.70. The Kier molecular flexibility index (Phi) is 11.9. The van der Waals surface area contributed by atoms with E-state index in [4.69, 9.17) is 0 Å². The van der Waals surface area contributed by atoms with Crippen molar-refractivity contribution in [1.29, 1.82) is 0 Å². The van der Waals surface area contributed by atoms with Crippen molar-refractivity contribution in [3.05, 3.63) is 106 Å². The number of rotatable bonds is 16. The quantitative estimate of drug-likeness (QED) is 0.199. The van der Waals surface area contributed by atoms with Crippen LogP contribution >= 0.6 is 23.5 Å². The van der Waals surface area contributed by atoms with Gasteiger partial charge in [-0.1, -0.05) is 66.7 Å². The van der Waals surface area contributed by atoms with E-state index < -0.39 is 11.9 Å². The predicted molar refractivity (Wildman–Crippen MR) is 152 cm³/mol. The first-order chi connectivity index (χ1) is 17.6. The lowest BCUT2D eigenvalue weighted by Gasteiger charge is -2.15. The van der Waals surface area contributed by atoms with Crippen LogP contribution in [0, 0.1) is 0 Å². The van der Waals surface area contributed by atoms with Gasteiger partial charge in [0.1, 0.15) is 0 Å². The molecule has 0 heterocycles. The highest BCUT2D eigenvalue weighted by Gasteiger charge is 2.22. The topological polar surface area (TPSA) is 74.6 Å². The van der Waals surface area contributed by atoms with Gasteiger partial charge in [-0.15, -0.1) is 0 Å². The highest BCUT2D eigenvalue weighted by Crippen LogP contribution is 2.25. The van der Waals surface area contributed by atoms with Gasteiger partial charge in [-0.3, -0.25) is 0 Å². The van der Waals surface area contributed by atoms with Gasteiger partial charge in [-0.25, -0.2) is 9.59 Å². The first-order valence-corrected chi connectivity index (χ1v) is 14.7. The summed E-state index contributed by atoms with van der Waals surface area (Å²) < 4.78 is 0. The van der Waals surface area contributed by atoms with Gasteiger partial charge >= 0.3 is 11.9 Å². The molecular weight excluding hydrogens is 488 g/mol. The third-order valence-corrected chi connectivity index (χ3v) is 8.20. The number of carboxylic acids is 2. The lowest BCUT2D eigenvalue weighted by atomic mass is 9.91. The Morgan fingerprint density at radius 2 is 1.11 bits per heavy atom. The van der Waals surface area contributed by atoms with E-state index in [1.165, 1.54) is 17.2 Å². The molecule has 36 heavy (non-hydrogen) atoms. The molecule has 0 spiro atoms. The second-order valence-electron chi connectivity index (χ2n) is 8.64. The van der Waals surface area contributed by atoms with Gasteiger partial charge in [-0.2, -0.15) is 23.5 Å². The molecule has 0 amide bonds. The van der Waals surface area contributed by atoms with E-state index in [0.29, 0.717) is 12.0 Å². The molecule has 0 fully saturated rings. The average molecular weight is 523 g/mol. The number of thioether (sulfide) groups is 2. The molecule has 0 saturated carbocycles. The minimum absolute atomic E-state index is 0.0361. The van der Waals surface area contributed by atoms with Gasteiger partial charge in [0, 0.05) is 0 Å². The molecule has 0 aromatic heterocycles. The molecule has 2 N–H and O–H groups in total. The third kappa shape index (κ3) is 9.07. The van der Waals surface area contributed by atoms with Crippen LogP contribution in [0.15, 0.2) is 72.8 Å². The summed E-state index contributed by atoms with van der Waals surface area (Å²) in [5, 5.41) is 19.4. The molecule has 0 aliphatic carbocycles. The van der Waals surface area contributed by atoms with Crippen molar-refractivity contribution in [1.82, 2.24) is 0 Å². The van der Waals surface area contributed by atoms with Gasteiger partial charge in [0.05, 0.1) is 11.1 Å². The monoisotopic (exact) mass is 522 g/mol. The standard InChI is InChI=1S/C30H34O4S2/c31-29(32)27-16-15-25(13-7-19-35-21-17-23-9-3-1-4-10-23)26(28(27)30(33)34)14-8-20-36-22-18-24-11-5-2-6-12-24/h1-6,9-12,15-16H,7-8,13-14,17-22H2,(H,31,32)(H,33,34). The summed E-state index contributed by atoms with van der Waals surface area (Å²) in [6.07, 6.45) is 5.14. The number of aromatic carboxylic acids is 2.